The second kappa shape index (κ2) is 5.47. The van der Waals surface area contributed by atoms with Crippen molar-refractivity contribution in [1.82, 2.24) is 0 Å². The fourth-order valence-corrected chi connectivity index (χ4v) is 1.16. The summed E-state index contributed by atoms with van der Waals surface area (Å²) in [7, 11) is 0. The van der Waals surface area contributed by atoms with Gasteiger partial charge in [0, 0.05) is 12.3 Å². The van der Waals surface area contributed by atoms with Crippen LogP contribution in [0.3, 0.4) is 0 Å². The number of phenols is 1. The van der Waals surface area contributed by atoms with Gasteiger partial charge in [-0.2, -0.15) is 0 Å². The minimum atomic E-state index is -0.149. The van der Waals surface area contributed by atoms with E-state index < -0.39 is 0 Å². The normalized spacial score (nSPS) is 12.4. The molecule has 0 radical (unpaired) electrons. The van der Waals surface area contributed by atoms with Gasteiger partial charge in [0.15, 0.2) is 0 Å². The van der Waals surface area contributed by atoms with Crippen molar-refractivity contribution in [2.75, 3.05) is 18.5 Å². The number of hydrogen-bond acceptors (Lipinski definition) is 4. The fraction of sp³-hybridized carbons (Fsp3) is 0.400. The molecule has 0 saturated carbocycles. The molecule has 0 aromatic heterocycles. The number of anilines is 1. The SMILES string of the molecule is OCCC(CO)Nc1ccc(O)cc1. The smallest absolute Gasteiger partial charge is 0.115 e. The van der Waals surface area contributed by atoms with E-state index in [1.165, 1.54) is 0 Å². The molecule has 0 fully saturated rings. The topological polar surface area (TPSA) is 72.7 Å². The Morgan fingerprint density at radius 2 is 1.79 bits per heavy atom. The van der Waals surface area contributed by atoms with E-state index in [2.05, 4.69) is 5.32 Å². The van der Waals surface area contributed by atoms with Crippen molar-refractivity contribution in [3.63, 3.8) is 0 Å². The largest absolute Gasteiger partial charge is 0.508 e. The van der Waals surface area contributed by atoms with Gasteiger partial charge >= 0.3 is 0 Å². The average Bonchev–Trinajstić information content (AvgIpc) is 2.20. The maximum atomic E-state index is 9.03. The van der Waals surface area contributed by atoms with E-state index in [1.54, 1.807) is 24.3 Å². The third-order valence-corrected chi connectivity index (χ3v) is 1.94. The van der Waals surface area contributed by atoms with Crippen LogP contribution in [-0.4, -0.2) is 34.6 Å². The monoisotopic (exact) mass is 197 g/mol. The molecule has 0 spiro atoms. The molecule has 14 heavy (non-hydrogen) atoms. The van der Waals surface area contributed by atoms with Crippen LogP contribution in [0.1, 0.15) is 6.42 Å². The van der Waals surface area contributed by atoms with Gasteiger partial charge in [0.2, 0.25) is 0 Å². The Hall–Kier alpha value is -1.26. The maximum absolute atomic E-state index is 9.03. The summed E-state index contributed by atoms with van der Waals surface area (Å²) >= 11 is 0. The summed E-state index contributed by atoms with van der Waals surface area (Å²) in [6.07, 6.45) is 0.497. The van der Waals surface area contributed by atoms with Crippen molar-refractivity contribution in [2.24, 2.45) is 0 Å². The number of hydrogen-bond donors (Lipinski definition) is 4. The van der Waals surface area contributed by atoms with Gasteiger partial charge in [0.25, 0.3) is 0 Å². The lowest BCUT2D eigenvalue weighted by molar-refractivity contribution is 0.229. The molecule has 0 heterocycles. The van der Waals surface area contributed by atoms with Crippen LogP contribution in [-0.2, 0) is 0 Å². The van der Waals surface area contributed by atoms with E-state index in [1.807, 2.05) is 0 Å². The summed E-state index contributed by atoms with van der Waals surface area (Å²) in [5.74, 6) is 0.207. The quantitative estimate of drug-likeness (QED) is 0.520. The van der Waals surface area contributed by atoms with E-state index in [-0.39, 0.29) is 25.0 Å². The molecule has 4 heteroatoms. The van der Waals surface area contributed by atoms with Crippen LogP contribution in [0.4, 0.5) is 5.69 Å². The molecule has 0 aliphatic carbocycles. The number of aliphatic hydroxyl groups is 2. The van der Waals surface area contributed by atoms with E-state index in [0.717, 1.165) is 5.69 Å². The van der Waals surface area contributed by atoms with Gasteiger partial charge in [0.05, 0.1) is 12.6 Å². The fourth-order valence-electron chi connectivity index (χ4n) is 1.16. The molecule has 78 valence electrons. The highest BCUT2D eigenvalue weighted by Gasteiger charge is 2.05. The molecule has 1 rings (SSSR count). The number of rotatable bonds is 5. The summed E-state index contributed by atoms with van der Waals surface area (Å²) in [5, 5.41) is 29.7. The molecular formula is C10H15NO3. The number of aromatic hydroxyl groups is 1. The van der Waals surface area contributed by atoms with Gasteiger partial charge in [0.1, 0.15) is 5.75 Å². The minimum absolute atomic E-state index is 0.0264. The summed E-state index contributed by atoms with van der Waals surface area (Å²) in [4.78, 5) is 0. The lowest BCUT2D eigenvalue weighted by Crippen LogP contribution is -2.24. The summed E-state index contributed by atoms with van der Waals surface area (Å²) in [6.45, 7) is 0.0117. The standard InChI is InChI=1S/C10H15NO3/c12-6-5-9(7-13)11-8-1-3-10(14)4-2-8/h1-4,9,11-14H,5-7H2. The van der Waals surface area contributed by atoms with Crippen LogP contribution in [0, 0.1) is 0 Å². The van der Waals surface area contributed by atoms with Crippen LogP contribution in [0.25, 0.3) is 0 Å². The van der Waals surface area contributed by atoms with Crippen LogP contribution in [0.2, 0.25) is 0 Å². The van der Waals surface area contributed by atoms with Crippen molar-refractivity contribution in [1.29, 1.82) is 0 Å². The van der Waals surface area contributed by atoms with E-state index in [0.29, 0.717) is 6.42 Å². The first-order chi connectivity index (χ1) is 6.76. The van der Waals surface area contributed by atoms with E-state index >= 15 is 0 Å². The van der Waals surface area contributed by atoms with Gasteiger partial charge in [-0.3, -0.25) is 0 Å². The van der Waals surface area contributed by atoms with Crippen LogP contribution in [0.5, 0.6) is 5.75 Å². The molecule has 4 N–H and O–H groups in total. The van der Waals surface area contributed by atoms with Crippen LogP contribution >= 0.6 is 0 Å². The zero-order valence-corrected chi connectivity index (χ0v) is 7.85. The van der Waals surface area contributed by atoms with Crippen molar-refractivity contribution in [3.8, 4) is 5.75 Å². The second-order valence-corrected chi connectivity index (χ2v) is 3.08. The summed E-state index contributed by atoms with van der Waals surface area (Å²) in [5.41, 5.74) is 0.815. The molecular weight excluding hydrogens is 182 g/mol. The lowest BCUT2D eigenvalue weighted by atomic mass is 10.2. The van der Waals surface area contributed by atoms with Crippen LogP contribution in [0.15, 0.2) is 24.3 Å². The molecule has 4 nitrogen and oxygen atoms in total. The third-order valence-electron chi connectivity index (χ3n) is 1.94. The molecule has 1 aromatic rings. The summed E-state index contributed by atoms with van der Waals surface area (Å²) < 4.78 is 0. The zero-order chi connectivity index (χ0) is 10.4. The first-order valence-electron chi connectivity index (χ1n) is 4.53. The maximum Gasteiger partial charge on any atom is 0.115 e. The molecule has 1 unspecified atom stereocenters. The Morgan fingerprint density at radius 3 is 2.29 bits per heavy atom. The molecule has 0 aliphatic heterocycles. The van der Waals surface area contributed by atoms with Crippen molar-refractivity contribution in [2.45, 2.75) is 12.5 Å². The molecule has 0 bridgehead atoms. The Balaban J connectivity index is 2.53. The highest BCUT2D eigenvalue weighted by atomic mass is 16.3. The number of benzene rings is 1. The number of nitrogens with one attached hydrogen (secondary N) is 1. The highest BCUT2D eigenvalue weighted by Crippen LogP contribution is 2.14. The molecule has 0 aliphatic rings. The van der Waals surface area contributed by atoms with Gasteiger partial charge in [-0.15, -0.1) is 0 Å². The number of aliphatic hydroxyl groups excluding tert-OH is 2. The number of phenolic OH excluding ortho intramolecular Hbond substituents is 1. The van der Waals surface area contributed by atoms with E-state index in [4.69, 9.17) is 15.3 Å². The highest BCUT2D eigenvalue weighted by molar-refractivity contribution is 5.46. The summed E-state index contributed by atoms with van der Waals surface area (Å²) in [6, 6.07) is 6.42. The molecule has 0 amide bonds. The van der Waals surface area contributed by atoms with E-state index in [9.17, 15) is 0 Å². The van der Waals surface area contributed by atoms with Crippen molar-refractivity contribution < 1.29 is 15.3 Å². The average molecular weight is 197 g/mol. The third kappa shape index (κ3) is 3.24. The molecule has 1 aromatic carbocycles. The molecule has 1 atom stereocenters. The predicted octanol–water partition coefficient (Wildman–Crippen LogP) is 0.547. The first-order valence-corrected chi connectivity index (χ1v) is 4.53. The van der Waals surface area contributed by atoms with Crippen molar-refractivity contribution in [3.05, 3.63) is 24.3 Å². The Bertz CT molecular complexity index is 261. The lowest BCUT2D eigenvalue weighted by Gasteiger charge is -2.16. The van der Waals surface area contributed by atoms with Gasteiger partial charge < -0.3 is 20.6 Å². The Morgan fingerprint density at radius 1 is 1.14 bits per heavy atom. The second-order valence-electron chi connectivity index (χ2n) is 3.08. The van der Waals surface area contributed by atoms with Crippen molar-refractivity contribution >= 4 is 5.69 Å². The van der Waals surface area contributed by atoms with Gasteiger partial charge in [-0.05, 0) is 30.7 Å². The zero-order valence-electron chi connectivity index (χ0n) is 7.85. The Labute approximate surface area is 82.8 Å². The Kier molecular flexibility index (Phi) is 4.22. The minimum Gasteiger partial charge on any atom is -0.508 e. The first kappa shape index (κ1) is 10.8. The van der Waals surface area contributed by atoms with Crippen LogP contribution < -0.4 is 5.32 Å². The predicted molar refractivity (Wildman–Crippen MR) is 54.3 cm³/mol. The van der Waals surface area contributed by atoms with Gasteiger partial charge in [-0.1, -0.05) is 0 Å². The molecule has 0 saturated heterocycles. The van der Waals surface area contributed by atoms with Gasteiger partial charge in [-0.25, -0.2) is 0 Å².